The molecule has 0 rings (SSSR count). The molecule has 0 N–H and O–H groups in total. The third kappa shape index (κ3) is 8.59. The molecule has 0 heterocycles. The van der Waals surface area contributed by atoms with E-state index in [0.29, 0.717) is 0 Å². The van der Waals surface area contributed by atoms with E-state index in [-0.39, 0.29) is 0 Å². The van der Waals surface area contributed by atoms with Gasteiger partial charge in [0.15, 0.2) is 0 Å². The average Bonchev–Trinajstić information content (AvgIpc) is 2.56. The van der Waals surface area contributed by atoms with Crippen molar-refractivity contribution in [3.8, 4) is 0 Å². The monoisotopic (exact) mass is 318 g/mol. The summed E-state index contributed by atoms with van der Waals surface area (Å²) in [4.78, 5) is 0. The zero-order valence-corrected chi connectivity index (χ0v) is 17.5. The van der Waals surface area contributed by atoms with Crippen LogP contribution in [0, 0.1) is 0 Å². The van der Waals surface area contributed by atoms with Crippen molar-refractivity contribution in [3.05, 3.63) is 0 Å². The topological polar surface area (TPSA) is 0 Å². The van der Waals surface area contributed by atoms with Crippen LogP contribution < -0.4 is 0 Å². The standard InChI is InChI=1S/C18H41P.C2H6/c1-6-11-15-19(10-5,16-12-7-2,17-13-8-3)18-14-9-4;1-2/h6-18H2,1-5H3;1-2H3. The van der Waals surface area contributed by atoms with Gasteiger partial charge in [-0.15, -0.1) is 0 Å². The van der Waals surface area contributed by atoms with Gasteiger partial charge in [0, 0.05) is 0 Å². The Hall–Kier alpha value is 0.430. The average molecular weight is 319 g/mol. The van der Waals surface area contributed by atoms with E-state index in [9.17, 15) is 0 Å². The van der Waals surface area contributed by atoms with Crippen LogP contribution in [0.2, 0.25) is 0 Å². The zero-order valence-electron chi connectivity index (χ0n) is 16.6. The molecule has 0 bridgehead atoms. The van der Waals surface area contributed by atoms with Gasteiger partial charge in [0.1, 0.15) is 0 Å². The molecule has 0 aliphatic carbocycles. The minimum atomic E-state index is -1.39. The van der Waals surface area contributed by atoms with Gasteiger partial charge in [0.05, 0.1) is 0 Å². The Morgan fingerprint density at radius 2 is 0.714 bits per heavy atom. The fourth-order valence-electron chi connectivity index (χ4n) is 3.72. The molecule has 0 aromatic carbocycles. The summed E-state index contributed by atoms with van der Waals surface area (Å²) < 4.78 is 0. The Kier molecular flexibility index (Phi) is 15.9. The molecule has 0 spiro atoms. The second kappa shape index (κ2) is 14.0. The van der Waals surface area contributed by atoms with Crippen LogP contribution in [0.4, 0.5) is 0 Å². The Morgan fingerprint density at radius 1 is 0.476 bits per heavy atom. The third-order valence-corrected chi connectivity index (χ3v) is 13.6. The Labute approximate surface area is 137 Å². The van der Waals surface area contributed by atoms with Crippen molar-refractivity contribution in [1.82, 2.24) is 0 Å². The van der Waals surface area contributed by atoms with Crippen LogP contribution in [0.15, 0.2) is 0 Å². The molecule has 0 aliphatic rings. The Morgan fingerprint density at radius 3 is 0.857 bits per heavy atom. The second-order valence-corrected chi connectivity index (χ2v) is 13.8. The maximum absolute atomic E-state index is 2.54. The molecule has 0 aromatic heterocycles. The van der Waals surface area contributed by atoms with Crippen LogP contribution in [-0.2, 0) is 0 Å². The molecule has 0 aliphatic heterocycles. The van der Waals surface area contributed by atoms with E-state index in [1.807, 2.05) is 13.8 Å². The number of hydrogen-bond acceptors (Lipinski definition) is 0. The van der Waals surface area contributed by atoms with Crippen LogP contribution in [0.1, 0.15) is 99.8 Å². The van der Waals surface area contributed by atoms with E-state index in [1.54, 1.807) is 24.6 Å². The number of hydrogen-bond donors (Lipinski definition) is 0. The summed E-state index contributed by atoms with van der Waals surface area (Å²) in [7, 11) is 0. The molecule has 0 fully saturated rings. The van der Waals surface area contributed by atoms with Gasteiger partial charge in [-0.05, 0) is 0 Å². The van der Waals surface area contributed by atoms with Crippen LogP contribution >= 0.6 is 6.60 Å². The SMILES string of the molecule is CC.CCCCP(CC)(CCCC)(CCCC)CCCC. The maximum atomic E-state index is 2.54. The van der Waals surface area contributed by atoms with Gasteiger partial charge >= 0.3 is 123 Å². The van der Waals surface area contributed by atoms with E-state index in [2.05, 4.69) is 34.6 Å². The number of unbranched alkanes of at least 4 members (excludes halogenated alkanes) is 4. The molecule has 132 valence electrons. The molecule has 0 saturated heterocycles. The van der Waals surface area contributed by atoms with Gasteiger partial charge in [0.25, 0.3) is 0 Å². The Bertz CT molecular complexity index is 166. The molecule has 21 heavy (non-hydrogen) atoms. The van der Waals surface area contributed by atoms with Gasteiger partial charge in [-0.2, -0.15) is 0 Å². The molecule has 0 unspecified atom stereocenters. The van der Waals surface area contributed by atoms with Crippen LogP contribution in [0.5, 0.6) is 0 Å². The van der Waals surface area contributed by atoms with E-state index < -0.39 is 6.60 Å². The quantitative estimate of drug-likeness (QED) is 0.304. The van der Waals surface area contributed by atoms with Crippen molar-refractivity contribution < 1.29 is 0 Å². The van der Waals surface area contributed by atoms with Gasteiger partial charge in [-0.25, -0.2) is 0 Å². The molecular formula is C20H47P. The normalized spacial score (nSPS) is 13.2. The first-order valence-corrected chi connectivity index (χ1v) is 13.3. The van der Waals surface area contributed by atoms with Crippen molar-refractivity contribution in [1.29, 1.82) is 0 Å². The summed E-state index contributed by atoms with van der Waals surface area (Å²) in [5.41, 5.74) is 0. The molecule has 1 heteroatoms. The van der Waals surface area contributed by atoms with Crippen LogP contribution in [0.3, 0.4) is 0 Å². The van der Waals surface area contributed by atoms with Gasteiger partial charge < -0.3 is 0 Å². The zero-order chi connectivity index (χ0) is 16.6. The summed E-state index contributed by atoms with van der Waals surface area (Å²) in [5.74, 6) is 0. The molecule has 0 nitrogen and oxygen atoms in total. The van der Waals surface area contributed by atoms with Crippen molar-refractivity contribution in [3.63, 3.8) is 0 Å². The fraction of sp³-hybridized carbons (Fsp3) is 1.00. The molecule has 0 aromatic rings. The first-order chi connectivity index (χ1) is 10.1. The van der Waals surface area contributed by atoms with Gasteiger partial charge in [0.2, 0.25) is 0 Å². The van der Waals surface area contributed by atoms with Gasteiger partial charge in [-0.1, -0.05) is 13.8 Å². The summed E-state index contributed by atoms with van der Waals surface area (Å²) >= 11 is 0. The third-order valence-electron chi connectivity index (χ3n) is 5.47. The Balaban J connectivity index is 0. The minimum absolute atomic E-state index is 1.39. The first-order valence-electron chi connectivity index (χ1n) is 10.1. The van der Waals surface area contributed by atoms with Crippen molar-refractivity contribution in [2.24, 2.45) is 0 Å². The molecule has 0 amide bonds. The van der Waals surface area contributed by atoms with E-state index >= 15 is 0 Å². The predicted molar refractivity (Wildman–Crippen MR) is 108 cm³/mol. The van der Waals surface area contributed by atoms with E-state index in [0.717, 1.165) is 0 Å². The van der Waals surface area contributed by atoms with Crippen molar-refractivity contribution in [2.45, 2.75) is 99.8 Å². The van der Waals surface area contributed by atoms with Crippen LogP contribution in [0.25, 0.3) is 0 Å². The van der Waals surface area contributed by atoms with Crippen LogP contribution in [-0.4, -0.2) is 30.8 Å². The summed E-state index contributed by atoms with van der Waals surface area (Å²) in [6.07, 6.45) is 19.5. The molecule has 0 atom stereocenters. The van der Waals surface area contributed by atoms with Crippen molar-refractivity contribution >= 4 is 6.60 Å². The molecule has 0 radical (unpaired) electrons. The van der Waals surface area contributed by atoms with E-state index in [4.69, 9.17) is 0 Å². The van der Waals surface area contributed by atoms with Gasteiger partial charge in [-0.3, -0.25) is 0 Å². The molecular weight excluding hydrogens is 271 g/mol. The van der Waals surface area contributed by atoms with Crippen molar-refractivity contribution in [2.75, 3.05) is 30.8 Å². The summed E-state index contributed by atoms with van der Waals surface area (Å²) in [5, 5.41) is 0. The second-order valence-electron chi connectivity index (χ2n) is 6.86. The van der Waals surface area contributed by atoms with E-state index in [1.165, 1.54) is 57.5 Å². The summed E-state index contributed by atoms with van der Waals surface area (Å²) in [6.45, 7) is 14.7. The predicted octanol–water partition coefficient (Wildman–Crippen LogP) is 7.79. The number of rotatable bonds is 13. The molecule has 0 saturated carbocycles. The first kappa shape index (κ1) is 23.7. The summed E-state index contributed by atoms with van der Waals surface area (Å²) in [6, 6.07) is 0. The fourth-order valence-corrected chi connectivity index (χ4v) is 11.2.